The molecule has 0 bridgehead atoms. The van der Waals surface area contributed by atoms with Gasteiger partial charge in [-0.2, -0.15) is 4.98 Å². The van der Waals surface area contributed by atoms with Crippen molar-refractivity contribution in [2.45, 2.75) is 13.0 Å². The van der Waals surface area contributed by atoms with Crippen LogP contribution in [-0.4, -0.2) is 54.3 Å². The lowest BCUT2D eigenvalue weighted by molar-refractivity contribution is 0.0601. The molecule has 1 aromatic heterocycles. The molecule has 1 saturated heterocycles. The molecule has 4 rings (SSSR count). The molecule has 1 aliphatic heterocycles. The number of methoxy groups -OCH3 is 1. The number of hydrogen-bond acceptors (Lipinski definition) is 7. The van der Waals surface area contributed by atoms with Gasteiger partial charge in [0.2, 0.25) is 11.7 Å². The number of anilines is 1. The van der Waals surface area contributed by atoms with Crippen molar-refractivity contribution in [2.24, 2.45) is 0 Å². The largest absolute Gasteiger partial charge is 0.465 e. The Balaban J connectivity index is 1.37. The number of para-hydroxylation sites is 1. The maximum atomic E-state index is 11.5. The minimum absolute atomic E-state index is 0.365. The lowest BCUT2D eigenvalue weighted by atomic mass is 10.1. The van der Waals surface area contributed by atoms with E-state index in [9.17, 15) is 4.79 Å². The van der Waals surface area contributed by atoms with Crippen molar-refractivity contribution in [1.82, 2.24) is 15.0 Å². The Morgan fingerprint density at radius 1 is 1.03 bits per heavy atom. The summed E-state index contributed by atoms with van der Waals surface area (Å²) >= 11 is 0. The van der Waals surface area contributed by atoms with E-state index in [1.807, 2.05) is 6.07 Å². The standard InChI is InChI=1S/C22H24N4O3/c1-28-22(27)18-10-8-17(9-11-18)21-23-20(29-24-21)16-25-12-5-13-26(15-14-25)19-6-3-2-4-7-19/h2-4,6-11H,5,12-16H2,1H3. The first-order valence-corrected chi connectivity index (χ1v) is 9.76. The van der Waals surface area contributed by atoms with Gasteiger partial charge in [0.1, 0.15) is 0 Å². The number of benzene rings is 2. The molecule has 1 fully saturated rings. The first-order valence-electron chi connectivity index (χ1n) is 9.76. The number of ether oxygens (including phenoxy) is 1. The van der Waals surface area contributed by atoms with Crippen LogP contribution in [0.4, 0.5) is 5.69 Å². The van der Waals surface area contributed by atoms with Gasteiger partial charge in [-0.05, 0) is 30.7 Å². The summed E-state index contributed by atoms with van der Waals surface area (Å²) in [6, 6.07) is 17.5. The zero-order valence-corrected chi connectivity index (χ0v) is 16.5. The molecule has 2 aromatic carbocycles. The van der Waals surface area contributed by atoms with Crippen LogP contribution in [0.15, 0.2) is 59.1 Å². The molecule has 2 heterocycles. The molecule has 0 radical (unpaired) electrons. The first kappa shape index (κ1) is 19.1. The Kier molecular flexibility index (Phi) is 5.86. The van der Waals surface area contributed by atoms with E-state index in [1.54, 1.807) is 24.3 Å². The second-order valence-electron chi connectivity index (χ2n) is 7.03. The van der Waals surface area contributed by atoms with Crippen LogP contribution in [0.1, 0.15) is 22.7 Å². The number of rotatable bonds is 5. The van der Waals surface area contributed by atoms with Crippen LogP contribution in [-0.2, 0) is 11.3 Å². The smallest absolute Gasteiger partial charge is 0.337 e. The van der Waals surface area contributed by atoms with Gasteiger partial charge in [0.25, 0.3) is 0 Å². The van der Waals surface area contributed by atoms with Crippen molar-refractivity contribution in [3.63, 3.8) is 0 Å². The first-order chi connectivity index (χ1) is 14.2. The minimum Gasteiger partial charge on any atom is -0.465 e. The highest BCUT2D eigenvalue weighted by Gasteiger charge is 2.18. The second kappa shape index (κ2) is 8.87. The van der Waals surface area contributed by atoms with Gasteiger partial charge in [0, 0.05) is 37.4 Å². The van der Waals surface area contributed by atoms with E-state index < -0.39 is 0 Å². The molecule has 0 spiro atoms. The van der Waals surface area contributed by atoms with E-state index in [1.165, 1.54) is 12.8 Å². The van der Waals surface area contributed by atoms with Gasteiger partial charge in [0.05, 0.1) is 19.2 Å². The Labute approximate surface area is 169 Å². The van der Waals surface area contributed by atoms with Crippen LogP contribution in [0.2, 0.25) is 0 Å². The van der Waals surface area contributed by atoms with Crippen molar-refractivity contribution in [1.29, 1.82) is 0 Å². The Morgan fingerprint density at radius 3 is 2.59 bits per heavy atom. The molecule has 0 aliphatic carbocycles. The average Bonchev–Trinajstić information content (AvgIpc) is 3.11. The van der Waals surface area contributed by atoms with Gasteiger partial charge in [-0.1, -0.05) is 35.5 Å². The van der Waals surface area contributed by atoms with Gasteiger partial charge in [0.15, 0.2) is 0 Å². The van der Waals surface area contributed by atoms with E-state index in [2.05, 4.69) is 44.2 Å². The number of esters is 1. The Hall–Kier alpha value is -3.19. The highest BCUT2D eigenvalue weighted by molar-refractivity contribution is 5.89. The Bertz CT molecular complexity index is 940. The summed E-state index contributed by atoms with van der Waals surface area (Å²) in [6.07, 6.45) is 1.09. The molecular weight excluding hydrogens is 368 g/mol. The van der Waals surface area contributed by atoms with Gasteiger partial charge < -0.3 is 14.2 Å². The summed E-state index contributed by atoms with van der Waals surface area (Å²) in [7, 11) is 1.36. The molecule has 7 heteroatoms. The van der Waals surface area contributed by atoms with Crippen LogP contribution in [0.3, 0.4) is 0 Å². The van der Waals surface area contributed by atoms with Gasteiger partial charge >= 0.3 is 5.97 Å². The molecule has 29 heavy (non-hydrogen) atoms. The molecule has 3 aromatic rings. The lowest BCUT2D eigenvalue weighted by Crippen LogP contribution is -2.30. The predicted octanol–water partition coefficient (Wildman–Crippen LogP) is 3.24. The van der Waals surface area contributed by atoms with Crippen molar-refractivity contribution < 1.29 is 14.1 Å². The van der Waals surface area contributed by atoms with Crippen LogP contribution in [0.25, 0.3) is 11.4 Å². The molecule has 1 aliphatic rings. The zero-order valence-electron chi connectivity index (χ0n) is 16.5. The van der Waals surface area contributed by atoms with Crippen molar-refractivity contribution >= 4 is 11.7 Å². The summed E-state index contributed by atoms with van der Waals surface area (Å²) in [4.78, 5) is 20.8. The maximum absolute atomic E-state index is 11.5. The van der Waals surface area contributed by atoms with Crippen LogP contribution in [0, 0.1) is 0 Å². The van der Waals surface area contributed by atoms with Gasteiger partial charge in [-0.3, -0.25) is 4.90 Å². The summed E-state index contributed by atoms with van der Waals surface area (Å²) in [6.45, 7) is 4.59. The van der Waals surface area contributed by atoms with Crippen molar-refractivity contribution in [2.75, 3.05) is 38.2 Å². The summed E-state index contributed by atoms with van der Waals surface area (Å²) in [5, 5.41) is 4.09. The lowest BCUT2D eigenvalue weighted by Gasteiger charge is -2.23. The van der Waals surface area contributed by atoms with Crippen LogP contribution >= 0.6 is 0 Å². The maximum Gasteiger partial charge on any atom is 0.337 e. The van der Waals surface area contributed by atoms with Gasteiger partial charge in [-0.25, -0.2) is 4.79 Å². The van der Waals surface area contributed by atoms with E-state index in [0.717, 1.165) is 38.2 Å². The fraction of sp³-hybridized carbons (Fsp3) is 0.318. The molecule has 7 nitrogen and oxygen atoms in total. The summed E-state index contributed by atoms with van der Waals surface area (Å²) in [5.74, 6) is 0.762. The molecular formula is C22H24N4O3. The number of nitrogens with zero attached hydrogens (tertiary/aromatic N) is 4. The number of aromatic nitrogens is 2. The second-order valence-corrected chi connectivity index (χ2v) is 7.03. The van der Waals surface area contributed by atoms with E-state index in [4.69, 9.17) is 9.26 Å². The quantitative estimate of drug-likeness (QED) is 0.617. The molecule has 0 amide bonds. The zero-order chi connectivity index (χ0) is 20.1. The third kappa shape index (κ3) is 4.63. The average molecular weight is 392 g/mol. The summed E-state index contributed by atoms with van der Waals surface area (Å²) < 4.78 is 10.2. The van der Waals surface area contributed by atoms with E-state index in [-0.39, 0.29) is 5.97 Å². The summed E-state index contributed by atoms with van der Waals surface area (Å²) in [5.41, 5.74) is 2.57. The Morgan fingerprint density at radius 2 is 1.83 bits per heavy atom. The minimum atomic E-state index is -0.365. The van der Waals surface area contributed by atoms with E-state index >= 15 is 0 Å². The molecule has 150 valence electrons. The molecule has 0 unspecified atom stereocenters. The van der Waals surface area contributed by atoms with Crippen molar-refractivity contribution in [3.8, 4) is 11.4 Å². The van der Waals surface area contributed by atoms with Gasteiger partial charge in [-0.15, -0.1) is 0 Å². The van der Waals surface area contributed by atoms with Crippen LogP contribution in [0.5, 0.6) is 0 Å². The monoisotopic (exact) mass is 392 g/mol. The highest BCUT2D eigenvalue weighted by atomic mass is 16.5. The number of carbonyl (C=O) groups is 1. The third-order valence-electron chi connectivity index (χ3n) is 5.10. The third-order valence-corrected chi connectivity index (χ3v) is 5.10. The highest BCUT2D eigenvalue weighted by Crippen LogP contribution is 2.19. The number of hydrogen-bond donors (Lipinski definition) is 0. The predicted molar refractivity (Wildman–Crippen MR) is 110 cm³/mol. The topological polar surface area (TPSA) is 71.7 Å². The SMILES string of the molecule is COC(=O)c1ccc(-c2noc(CN3CCCN(c4ccccc4)CC3)n2)cc1. The molecule has 0 N–H and O–H groups in total. The molecule has 0 atom stereocenters. The van der Waals surface area contributed by atoms with Crippen molar-refractivity contribution in [3.05, 3.63) is 66.1 Å². The fourth-order valence-corrected chi connectivity index (χ4v) is 3.53. The van der Waals surface area contributed by atoms with E-state index in [0.29, 0.717) is 23.8 Å². The fourth-order valence-electron chi connectivity index (χ4n) is 3.53. The normalized spacial score (nSPS) is 15.1. The number of carbonyl (C=O) groups excluding carboxylic acids is 1. The molecule has 0 saturated carbocycles. The van der Waals surface area contributed by atoms with Crippen LogP contribution < -0.4 is 4.90 Å².